The van der Waals surface area contributed by atoms with Crippen LogP contribution in [0.3, 0.4) is 0 Å². The Labute approximate surface area is 108 Å². The Morgan fingerprint density at radius 3 is 2.61 bits per heavy atom. The first-order valence-corrected chi connectivity index (χ1v) is 6.32. The minimum absolute atomic E-state index is 0.229. The number of aromatic nitrogens is 4. The van der Waals surface area contributed by atoms with Gasteiger partial charge in [0.15, 0.2) is 0 Å². The first-order valence-electron chi connectivity index (χ1n) is 6.32. The van der Waals surface area contributed by atoms with Crippen LogP contribution < -0.4 is 5.32 Å². The van der Waals surface area contributed by atoms with Gasteiger partial charge in [0.05, 0.1) is 29.3 Å². The molecule has 0 aliphatic carbocycles. The van der Waals surface area contributed by atoms with Crippen molar-refractivity contribution in [2.24, 2.45) is 7.05 Å². The molecule has 0 spiro atoms. The van der Waals surface area contributed by atoms with E-state index in [9.17, 15) is 0 Å². The van der Waals surface area contributed by atoms with E-state index in [1.807, 2.05) is 29.5 Å². The van der Waals surface area contributed by atoms with Gasteiger partial charge in [0.25, 0.3) is 0 Å². The van der Waals surface area contributed by atoms with Gasteiger partial charge >= 0.3 is 0 Å². The van der Waals surface area contributed by atoms with Crippen molar-refractivity contribution >= 4 is 5.69 Å². The lowest BCUT2D eigenvalue weighted by molar-refractivity contribution is 0.658. The molecule has 2 aromatic heterocycles. The van der Waals surface area contributed by atoms with Gasteiger partial charge in [0.2, 0.25) is 0 Å². The van der Waals surface area contributed by atoms with Gasteiger partial charge in [0, 0.05) is 25.4 Å². The van der Waals surface area contributed by atoms with Gasteiger partial charge in [-0.1, -0.05) is 0 Å². The fourth-order valence-corrected chi connectivity index (χ4v) is 2.06. The van der Waals surface area contributed by atoms with Crippen LogP contribution in [0.4, 0.5) is 5.69 Å². The Kier molecular flexibility index (Phi) is 3.41. The maximum atomic E-state index is 4.41. The summed E-state index contributed by atoms with van der Waals surface area (Å²) < 4.78 is 3.84. The van der Waals surface area contributed by atoms with Crippen LogP contribution >= 0.6 is 0 Å². The van der Waals surface area contributed by atoms with E-state index in [0.717, 1.165) is 23.6 Å². The summed E-state index contributed by atoms with van der Waals surface area (Å²) in [6.45, 7) is 9.23. The van der Waals surface area contributed by atoms with Crippen molar-refractivity contribution in [3.8, 4) is 0 Å². The fourth-order valence-electron chi connectivity index (χ4n) is 2.06. The Balaban J connectivity index is 2.18. The predicted octanol–water partition coefficient (Wildman–Crippen LogP) is 2.43. The van der Waals surface area contributed by atoms with Crippen LogP contribution in [-0.4, -0.2) is 19.6 Å². The highest BCUT2D eigenvalue weighted by Crippen LogP contribution is 2.24. The molecule has 1 unspecified atom stereocenters. The Morgan fingerprint density at radius 2 is 2.11 bits per heavy atom. The second-order valence-corrected chi connectivity index (χ2v) is 4.66. The Bertz CT molecular complexity index is 538. The minimum atomic E-state index is 0.229. The second-order valence-electron chi connectivity index (χ2n) is 4.66. The first-order chi connectivity index (χ1) is 8.52. The van der Waals surface area contributed by atoms with E-state index in [1.165, 1.54) is 5.56 Å². The number of nitrogens with one attached hydrogen (secondary N) is 1. The van der Waals surface area contributed by atoms with Crippen LogP contribution in [0.2, 0.25) is 0 Å². The Hall–Kier alpha value is -1.78. The number of aryl methyl sites for hydroxylation is 3. The van der Waals surface area contributed by atoms with Crippen LogP contribution in [0, 0.1) is 13.8 Å². The third-order valence-corrected chi connectivity index (χ3v) is 3.35. The summed E-state index contributed by atoms with van der Waals surface area (Å²) in [5.74, 6) is 0. The van der Waals surface area contributed by atoms with Crippen LogP contribution in [0.25, 0.3) is 0 Å². The zero-order chi connectivity index (χ0) is 13.3. The number of nitrogens with zero attached hydrogens (tertiary/aromatic N) is 4. The summed E-state index contributed by atoms with van der Waals surface area (Å²) in [5, 5.41) is 12.2. The van der Waals surface area contributed by atoms with Crippen molar-refractivity contribution in [1.29, 1.82) is 0 Å². The summed E-state index contributed by atoms with van der Waals surface area (Å²) in [4.78, 5) is 0. The smallest absolute Gasteiger partial charge is 0.0828 e. The number of hydrogen-bond donors (Lipinski definition) is 1. The van der Waals surface area contributed by atoms with Crippen molar-refractivity contribution in [2.45, 2.75) is 40.3 Å². The number of anilines is 1. The summed E-state index contributed by atoms with van der Waals surface area (Å²) >= 11 is 0. The largest absolute Gasteiger partial charge is 0.375 e. The first kappa shape index (κ1) is 12.7. The van der Waals surface area contributed by atoms with Crippen molar-refractivity contribution in [3.63, 3.8) is 0 Å². The molecule has 5 heteroatoms. The molecule has 2 rings (SSSR count). The normalized spacial score (nSPS) is 12.7. The van der Waals surface area contributed by atoms with Gasteiger partial charge in [-0.3, -0.25) is 9.36 Å². The summed E-state index contributed by atoms with van der Waals surface area (Å²) in [6.07, 6.45) is 4.00. The lowest BCUT2D eigenvalue weighted by Gasteiger charge is -2.13. The Morgan fingerprint density at radius 1 is 1.39 bits per heavy atom. The lowest BCUT2D eigenvalue weighted by atomic mass is 10.1. The average molecular weight is 247 g/mol. The molecule has 5 nitrogen and oxygen atoms in total. The monoisotopic (exact) mass is 247 g/mol. The minimum Gasteiger partial charge on any atom is -0.375 e. The van der Waals surface area contributed by atoms with E-state index >= 15 is 0 Å². The maximum absolute atomic E-state index is 4.41. The van der Waals surface area contributed by atoms with Crippen LogP contribution in [0.15, 0.2) is 12.4 Å². The van der Waals surface area contributed by atoms with E-state index in [1.54, 1.807) is 0 Å². The van der Waals surface area contributed by atoms with Gasteiger partial charge in [0.1, 0.15) is 0 Å². The lowest BCUT2D eigenvalue weighted by Crippen LogP contribution is -2.07. The molecule has 0 radical (unpaired) electrons. The highest BCUT2D eigenvalue weighted by Gasteiger charge is 2.14. The molecule has 0 fully saturated rings. The molecule has 1 N–H and O–H groups in total. The third kappa shape index (κ3) is 2.25. The van der Waals surface area contributed by atoms with Crippen molar-refractivity contribution in [2.75, 3.05) is 5.32 Å². The number of hydrogen-bond acceptors (Lipinski definition) is 3. The molecule has 0 saturated carbocycles. The van der Waals surface area contributed by atoms with Gasteiger partial charge in [-0.25, -0.2) is 0 Å². The van der Waals surface area contributed by atoms with Crippen LogP contribution in [0.5, 0.6) is 0 Å². The number of rotatable bonds is 4. The van der Waals surface area contributed by atoms with Crippen LogP contribution in [-0.2, 0) is 13.6 Å². The van der Waals surface area contributed by atoms with Gasteiger partial charge < -0.3 is 5.32 Å². The average Bonchev–Trinajstić information content (AvgIpc) is 2.90. The van der Waals surface area contributed by atoms with Crippen LogP contribution in [0.1, 0.15) is 36.8 Å². The molecule has 98 valence electrons. The molecule has 1 atom stereocenters. The van der Waals surface area contributed by atoms with E-state index in [0.29, 0.717) is 0 Å². The topological polar surface area (TPSA) is 47.7 Å². The molecule has 0 aliphatic heterocycles. The molecule has 18 heavy (non-hydrogen) atoms. The molecule has 0 saturated heterocycles. The molecule has 0 aliphatic rings. The quantitative estimate of drug-likeness (QED) is 0.902. The zero-order valence-corrected chi connectivity index (χ0v) is 11.7. The standard InChI is InChI=1S/C13H21N5/c1-6-18-8-12(7-14-18)9(2)15-13-10(3)16-17(5)11(13)4/h7-9,15H,6H2,1-5H3. The fraction of sp³-hybridized carbons (Fsp3) is 0.538. The van der Waals surface area contributed by atoms with Gasteiger partial charge in [-0.2, -0.15) is 10.2 Å². The SMILES string of the molecule is CCn1cc(C(C)Nc2c(C)nn(C)c2C)cn1. The second kappa shape index (κ2) is 4.84. The molecule has 0 bridgehead atoms. The van der Waals surface area contributed by atoms with E-state index in [2.05, 4.69) is 42.5 Å². The molecule has 2 aromatic rings. The van der Waals surface area contributed by atoms with E-state index in [4.69, 9.17) is 0 Å². The molecular formula is C13H21N5. The highest BCUT2D eigenvalue weighted by molar-refractivity contribution is 5.53. The molecule has 0 aromatic carbocycles. The van der Waals surface area contributed by atoms with Gasteiger partial charge in [-0.15, -0.1) is 0 Å². The summed E-state index contributed by atoms with van der Waals surface area (Å²) in [7, 11) is 1.97. The molecular weight excluding hydrogens is 226 g/mol. The third-order valence-electron chi connectivity index (χ3n) is 3.35. The predicted molar refractivity (Wildman–Crippen MR) is 72.6 cm³/mol. The van der Waals surface area contributed by atoms with E-state index < -0.39 is 0 Å². The van der Waals surface area contributed by atoms with E-state index in [-0.39, 0.29) is 6.04 Å². The summed E-state index contributed by atoms with van der Waals surface area (Å²) in [6, 6.07) is 0.229. The zero-order valence-electron chi connectivity index (χ0n) is 11.7. The maximum Gasteiger partial charge on any atom is 0.0828 e. The highest BCUT2D eigenvalue weighted by atomic mass is 15.3. The summed E-state index contributed by atoms with van der Waals surface area (Å²) in [5.41, 5.74) is 4.50. The molecule has 0 amide bonds. The van der Waals surface area contributed by atoms with Gasteiger partial charge in [-0.05, 0) is 27.7 Å². The van der Waals surface area contributed by atoms with Crippen molar-refractivity contribution in [3.05, 3.63) is 29.3 Å². The van der Waals surface area contributed by atoms with Crippen molar-refractivity contribution < 1.29 is 0 Å². The van der Waals surface area contributed by atoms with Crippen molar-refractivity contribution in [1.82, 2.24) is 19.6 Å². The molecule has 2 heterocycles.